The maximum absolute atomic E-state index is 4.57. The normalized spacial score (nSPS) is 17.6. The van der Waals surface area contributed by atoms with Gasteiger partial charge < -0.3 is 4.90 Å². The van der Waals surface area contributed by atoms with Crippen molar-refractivity contribution < 1.29 is 0 Å². The second kappa shape index (κ2) is 4.08. The first-order chi connectivity index (χ1) is 9.00. The zero-order valence-electron chi connectivity index (χ0n) is 12.2. The molecule has 100 valence electrons. The van der Waals surface area contributed by atoms with E-state index in [0.717, 1.165) is 17.3 Å². The van der Waals surface area contributed by atoms with Gasteiger partial charge in [0.15, 0.2) is 5.82 Å². The molecular weight excluding hydrogens is 236 g/mol. The van der Waals surface area contributed by atoms with Gasteiger partial charge in [0, 0.05) is 7.05 Å². The summed E-state index contributed by atoms with van der Waals surface area (Å²) in [6.07, 6.45) is 0. The molecule has 1 aliphatic rings. The van der Waals surface area contributed by atoms with Crippen LogP contribution in [0, 0.1) is 6.92 Å². The second-order valence-corrected chi connectivity index (χ2v) is 5.59. The lowest BCUT2D eigenvalue weighted by molar-refractivity contribution is 0.617. The Balaban J connectivity index is 2.32. The van der Waals surface area contributed by atoms with Gasteiger partial charge in [-0.2, -0.15) is 5.10 Å². The molecule has 0 saturated carbocycles. The van der Waals surface area contributed by atoms with Gasteiger partial charge in [0.25, 0.3) is 0 Å². The number of para-hydroxylation sites is 1. The molecule has 1 aromatic heterocycles. The van der Waals surface area contributed by atoms with Gasteiger partial charge in [0.05, 0.1) is 17.4 Å². The maximum Gasteiger partial charge on any atom is 0.154 e. The molecule has 1 atom stereocenters. The van der Waals surface area contributed by atoms with Crippen molar-refractivity contribution in [3.05, 3.63) is 35.4 Å². The predicted octanol–water partition coefficient (Wildman–Crippen LogP) is 3.21. The first-order valence-electron chi connectivity index (χ1n) is 6.80. The van der Waals surface area contributed by atoms with E-state index in [1.807, 2.05) is 11.6 Å². The summed E-state index contributed by atoms with van der Waals surface area (Å²) in [5, 5.41) is 4.56. The molecule has 3 rings (SSSR count). The minimum absolute atomic E-state index is 0.244. The van der Waals surface area contributed by atoms with E-state index in [0.29, 0.717) is 5.92 Å². The van der Waals surface area contributed by atoms with E-state index >= 15 is 0 Å². The highest BCUT2D eigenvalue weighted by atomic mass is 15.4. The van der Waals surface area contributed by atoms with Crippen LogP contribution in [0.5, 0.6) is 0 Å². The van der Waals surface area contributed by atoms with Crippen molar-refractivity contribution in [2.75, 3.05) is 11.9 Å². The minimum atomic E-state index is 0.244. The van der Waals surface area contributed by atoms with Crippen LogP contribution in [0.15, 0.2) is 18.2 Å². The number of aryl methyl sites for hydroxylation is 1. The highest BCUT2D eigenvalue weighted by molar-refractivity contribution is 5.70. The Kier molecular flexibility index (Phi) is 2.62. The van der Waals surface area contributed by atoms with Crippen molar-refractivity contribution in [2.45, 2.75) is 39.7 Å². The van der Waals surface area contributed by atoms with Gasteiger partial charge in [-0.15, -0.1) is 0 Å². The van der Waals surface area contributed by atoms with E-state index in [1.54, 1.807) is 0 Å². The molecule has 1 aliphatic heterocycles. The highest BCUT2D eigenvalue weighted by Gasteiger charge is 2.30. The van der Waals surface area contributed by atoms with E-state index in [9.17, 15) is 0 Å². The van der Waals surface area contributed by atoms with Crippen molar-refractivity contribution in [2.24, 2.45) is 0 Å². The van der Waals surface area contributed by atoms with E-state index in [1.165, 1.54) is 11.3 Å². The summed E-state index contributed by atoms with van der Waals surface area (Å²) in [7, 11) is 2.14. The molecule has 0 spiro atoms. The molecule has 0 bridgehead atoms. The molecule has 0 saturated heterocycles. The molecule has 2 aromatic rings. The van der Waals surface area contributed by atoms with Crippen molar-refractivity contribution in [1.82, 2.24) is 14.8 Å². The average Bonchev–Trinajstić information content (AvgIpc) is 2.77. The second-order valence-electron chi connectivity index (χ2n) is 5.59. The topological polar surface area (TPSA) is 34.0 Å². The van der Waals surface area contributed by atoms with Crippen LogP contribution in [0.3, 0.4) is 0 Å². The van der Waals surface area contributed by atoms with Crippen LogP contribution in [0.2, 0.25) is 0 Å². The van der Waals surface area contributed by atoms with Crippen molar-refractivity contribution >= 4 is 5.69 Å². The Morgan fingerprint density at radius 2 is 2.00 bits per heavy atom. The quantitative estimate of drug-likeness (QED) is 0.785. The van der Waals surface area contributed by atoms with E-state index in [2.05, 4.69) is 61.0 Å². The Morgan fingerprint density at radius 3 is 2.68 bits per heavy atom. The Labute approximate surface area is 114 Å². The van der Waals surface area contributed by atoms with Gasteiger partial charge in [0.2, 0.25) is 0 Å². The predicted molar refractivity (Wildman–Crippen MR) is 77.0 cm³/mol. The molecule has 4 heteroatoms. The molecule has 0 unspecified atom stereocenters. The molecule has 0 N–H and O–H groups in total. The third-order valence-corrected chi connectivity index (χ3v) is 3.94. The summed E-state index contributed by atoms with van der Waals surface area (Å²) in [5.74, 6) is 2.35. The van der Waals surface area contributed by atoms with Gasteiger partial charge >= 0.3 is 0 Å². The summed E-state index contributed by atoms with van der Waals surface area (Å²) in [6.45, 7) is 8.59. The summed E-state index contributed by atoms with van der Waals surface area (Å²) < 4.78 is 2.00. The lowest BCUT2D eigenvalue weighted by Gasteiger charge is -2.35. The lowest BCUT2D eigenvalue weighted by Crippen LogP contribution is -2.31. The van der Waals surface area contributed by atoms with Crippen molar-refractivity contribution in [1.29, 1.82) is 0 Å². The van der Waals surface area contributed by atoms with Crippen molar-refractivity contribution in [3.8, 4) is 5.69 Å². The van der Waals surface area contributed by atoms with Gasteiger partial charge in [0.1, 0.15) is 5.82 Å². The molecule has 2 heterocycles. The summed E-state index contributed by atoms with van der Waals surface area (Å²) in [5.41, 5.74) is 3.79. The van der Waals surface area contributed by atoms with Gasteiger partial charge in [-0.05, 0) is 31.4 Å². The fourth-order valence-electron chi connectivity index (χ4n) is 2.82. The van der Waals surface area contributed by atoms with Crippen LogP contribution in [-0.2, 0) is 0 Å². The number of anilines is 1. The Hall–Kier alpha value is -1.84. The zero-order chi connectivity index (χ0) is 13.7. The number of nitrogens with zero attached hydrogens (tertiary/aromatic N) is 4. The third kappa shape index (κ3) is 1.66. The van der Waals surface area contributed by atoms with Crippen LogP contribution in [0.25, 0.3) is 5.69 Å². The molecule has 4 nitrogen and oxygen atoms in total. The minimum Gasteiger partial charge on any atom is -0.363 e. The smallest absolute Gasteiger partial charge is 0.154 e. The Bertz CT molecular complexity index is 627. The van der Waals surface area contributed by atoms with Crippen LogP contribution < -0.4 is 4.90 Å². The monoisotopic (exact) mass is 256 g/mol. The maximum atomic E-state index is 4.57. The van der Waals surface area contributed by atoms with Crippen LogP contribution in [0.4, 0.5) is 5.69 Å². The number of hydrogen-bond acceptors (Lipinski definition) is 3. The fraction of sp³-hybridized carbons (Fsp3) is 0.467. The van der Waals surface area contributed by atoms with Crippen molar-refractivity contribution in [3.63, 3.8) is 0 Å². The van der Waals surface area contributed by atoms with Crippen LogP contribution in [-0.4, -0.2) is 21.8 Å². The van der Waals surface area contributed by atoms with Gasteiger partial charge in [-0.25, -0.2) is 9.67 Å². The molecule has 0 radical (unpaired) electrons. The van der Waals surface area contributed by atoms with E-state index in [4.69, 9.17) is 0 Å². The number of rotatable bonds is 1. The molecular formula is C15H20N4. The molecule has 1 aromatic carbocycles. The summed E-state index contributed by atoms with van der Waals surface area (Å²) in [4.78, 5) is 6.88. The molecule has 0 fully saturated rings. The molecule has 0 aliphatic carbocycles. The number of fused-ring (bicyclic) bond motifs is 3. The Morgan fingerprint density at radius 1 is 1.26 bits per heavy atom. The molecule has 0 amide bonds. The summed E-state index contributed by atoms with van der Waals surface area (Å²) in [6, 6.07) is 6.69. The first-order valence-corrected chi connectivity index (χ1v) is 6.80. The van der Waals surface area contributed by atoms with Gasteiger partial charge in [-0.1, -0.05) is 26.0 Å². The zero-order valence-corrected chi connectivity index (χ0v) is 12.2. The number of aromatic nitrogens is 3. The first kappa shape index (κ1) is 12.2. The highest BCUT2D eigenvalue weighted by Crippen LogP contribution is 2.40. The number of benzene rings is 1. The largest absolute Gasteiger partial charge is 0.363 e. The average molecular weight is 256 g/mol. The van der Waals surface area contributed by atoms with Gasteiger partial charge in [-0.3, -0.25) is 0 Å². The van der Waals surface area contributed by atoms with Crippen LogP contribution >= 0.6 is 0 Å². The van der Waals surface area contributed by atoms with Crippen LogP contribution in [0.1, 0.15) is 49.9 Å². The number of hydrogen-bond donors (Lipinski definition) is 0. The lowest BCUT2D eigenvalue weighted by atomic mass is 9.97. The van der Waals surface area contributed by atoms with E-state index in [-0.39, 0.29) is 6.04 Å². The third-order valence-electron chi connectivity index (χ3n) is 3.94. The molecule has 19 heavy (non-hydrogen) atoms. The SMILES string of the molecule is Cc1nc2n(n1)-c1cccc(C(C)C)c1N(C)[C@@H]2C. The fourth-order valence-corrected chi connectivity index (χ4v) is 2.82. The standard InChI is InChI=1S/C15H20N4/c1-9(2)12-7-6-8-13-14(12)18(5)10(3)15-16-11(4)17-19(13)15/h6-10H,1-5H3/t10-/m1/s1. The van der Waals surface area contributed by atoms with E-state index < -0.39 is 0 Å². The summed E-state index contributed by atoms with van der Waals surface area (Å²) >= 11 is 0.